The summed E-state index contributed by atoms with van der Waals surface area (Å²) in [6.07, 6.45) is 0. The molecule has 1 aromatic rings. The van der Waals surface area contributed by atoms with Gasteiger partial charge in [-0.3, -0.25) is 10.1 Å². The molecule has 0 aromatic carbocycles. The van der Waals surface area contributed by atoms with Gasteiger partial charge in [0.15, 0.2) is 0 Å². The Labute approximate surface area is 103 Å². The van der Waals surface area contributed by atoms with Crippen LogP contribution < -0.4 is 10.6 Å². The van der Waals surface area contributed by atoms with Crippen molar-refractivity contribution in [3.8, 4) is 0 Å². The predicted octanol–water partition coefficient (Wildman–Crippen LogP) is 2.03. The minimum absolute atomic E-state index is 0.0532. The van der Waals surface area contributed by atoms with E-state index in [0.29, 0.717) is 6.54 Å². The fraction of sp³-hybridized carbons (Fsp3) is 0.375. The molecule has 1 unspecified atom stereocenters. The molecule has 2 N–H and O–H groups in total. The third-order valence-electron chi connectivity index (χ3n) is 1.98. The minimum atomic E-state index is -0.198. The van der Waals surface area contributed by atoms with Crippen LogP contribution in [-0.2, 0) is 4.79 Å². The van der Waals surface area contributed by atoms with Gasteiger partial charge in [-0.1, -0.05) is 0 Å². The molecule has 0 radical (unpaired) electrons. The van der Waals surface area contributed by atoms with Crippen LogP contribution in [0.2, 0.25) is 0 Å². The topological polar surface area (TPSA) is 41.1 Å². The van der Waals surface area contributed by atoms with Gasteiger partial charge < -0.3 is 5.32 Å². The molecule has 3 nitrogen and oxygen atoms in total. The van der Waals surface area contributed by atoms with Crippen LogP contribution in [0.15, 0.2) is 14.3 Å². The highest BCUT2D eigenvalue weighted by Gasteiger charge is 2.25. The Morgan fingerprint density at radius 3 is 2.79 bits per heavy atom. The van der Waals surface area contributed by atoms with E-state index >= 15 is 0 Å². The van der Waals surface area contributed by atoms with Gasteiger partial charge in [0.05, 0.1) is 3.79 Å². The van der Waals surface area contributed by atoms with Crippen LogP contribution in [0.5, 0.6) is 0 Å². The van der Waals surface area contributed by atoms with Crippen molar-refractivity contribution in [2.75, 3.05) is 13.1 Å². The van der Waals surface area contributed by atoms with Gasteiger partial charge in [-0.15, -0.1) is 11.3 Å². The van der Waals surface area contributed by atoms with Gasteiger partial charge in [0.25, 0.3) is 0 Å². The van der Waals surface area contributed by atoms with E-state index in [2.05, 4.69) is 42.5 Å². The van der Waals surface area contributed by atoms with Crippen molar-refractivity contribution in [2.45, 2.75) is 6.04 Å². The van der Waals surface area contributed by atoms with E-state index in [1.165, 1.54) is 0 Å². The summed E-state index contributed by atoms with van der Waals surface area (Å²) < 4.78 is 2.02. The van der Waals surface area contributed by atoms with Crippen molar-refractivity contribution in [2.24, 2.45) is 0 Å². The highest BCUT2D eigenvalue weighted by Crippen LogP contribution is 2.35. The summed E-state index contributed by atoms with van der Waals surface area (Å²) in [7, 11) is 0. The minimum Gasteiger partial charge on any atom is -0.353 e. The van der Waals surface area contributed by atoms with E-state index in [1.54, 1.807) is 11.3 Å². The van der Waals surface area contributed by atoms with Crippen molar-refractivity contribution in [3.05, 3.63) is 19.2 Å². The van der Waals surface area contributed by atoms with Gasteiger partial charge in [0.2, 0.25) is 5.91 Å². The molecule has 1 fully saturated rings. The molecule has 0 bridgehead atoms. The molecule has 1 atom stereocenters. The summed E-state index contributed by atoms with van der Waals surface area (Å²) in [5.41, 5.74) is 0. The number of halogens is 2. The van der Waals surface area contributed by atoms with Crippen molar-refractivity contribution in [3.63, 3.8) is 0 Å². The molecule has 1 saturated heterocycles. The Morgan fingerprint density at radius 2 is 2.21 bits per heavy atom. The number of rotatable bonds is 1. The molecular formula is C8H8Br2N2OS. The maximum atomic E-state index is 11.5. The highest BCUT2D eigenvalue weighted by atomic mass is 79.9. The Bertz CT molecular complexity index is 347. The largest absolute Gasteiger partial charge is 0.353 e. The Hall–Kier alpha value is 0.0900. The Balaban J connectivity index is 2.24. The average Bonchev–Trinajstić information content (AvgIpc) is 2.48. The molecule has 0 saturated carbocycles. The number of carbonyl (C=O) groups excluding carboxylic acids is 1. The summed E-state index contributed by atoms with van der Waals surface area (Å²) in [6.45, 7) is 1.53. The lowest BCUT2D eigenvalue weighted by molar-refractivity contribution is -0.124. The molecule has 76 valence electrons. The normalized spacial score (nSPS) is 22.1. The molecule has 1 aliphatic rings. The van der Waals surface area contributed by atoms with Gasteiger partial charge in [-0.2, -0.15) is 0 Å². The van der Waals surface area contributed by atoms with Crippen LogP contribution in [0.25, 0.3) is 0 Å². The molecule has 1 amide bonds. The smallest absolute Gasteiger partial charge is 0.242 e. The molecule has 1 aromatic heterocycles. The van der Waals surface area contributed by atoms with Gasteiger partial charge in [0.1, 0.15) is 6.04 Å². The first-order valence-corrected chi connectivity index (χ1v) is 6.54. The summed E-state index contributed by atoms with van der Waals surface area (Å²) in [6, 6.07) is 1.77. The van der Waals surface area contributed by atoms with Crippen LogP contribution in [0.1, 0.15) is 10.9 Å². The van der Waals surface area contributed by atoms with Crippen molar-refractivity contribution >= 4 is 49.1 Å². The standard InChI is InChI=1S/C8H8Br2N2OS/c9-4-3-5(14-7(4)10)6-8(13)12-2-1-11-6/h3,6,11H,1-2H2,(H,12,13). The van der Waals surface area contributed by atoms with Crippen molar-refractivity contribution < 1.29 is 4.79 Å². The maximum Gasteiger partial charge on any atom is 0.242 e. The summed E-state index contributed by atoms with van der Waals surface area (Å²) in [5, 5.41) is 6.02. The number of carbonyl (C=O) groups is 1. The van der Waals surface area contributed by atoms with E-state index in [0.717, 1.165) is 19.7 Å². The van der Waals surface area contributed by atoms with Crippen LogP contribution in [0.4, 0.5) is 0 Å². The van der Waals surface area contributed by atoms with Crippen molar-refractivity contribution in [1.29, 1.82) is 0 Å². The number of thiophene rings is 1. The first kappa shape index (κ1) is 10.6. The van der Waals surface area contributed by atoms with Crippen LogP contribution in [0.3, 0.4) is 0 Å². The number of hydrogen-bond acceptors (Lipinski definition) is 3. The fourth-order valence-corrected chi connectivity index (χ4v) is 3.50. The average molecular weight is 340 g/mol. The zero-order valence-electron chi connectivity index (χ0n) is 7.14. The van der Waals surface area contributed by atoms with Gasteiger partial charge in [-0.25, -0.2) is 0 Å². The number of nitrogens with one attached hydrogen (secondary N) is 2. The molecule has 6 heteroatoms. The maximum absolute atomic E-state index is 11.5. The summed E-state index contributed by atoms with van der Waals surface area (Å²) >= 11 is 8.39. The predicted molar refractivity (Wildman–Crippen MR) is 63.5 cm³/mol. The number of amides is 1. The van der Waals surface area contributed by atoms with E-state index in [-0.39, 0.29) is 11.9 Å². The van der Waals surface area contributed by atoms with Crippen LogP contribution >= 0.6 is 43.2 Å². The Kier molecular flexibility index (Phi) is 3.26. The lowest BCUT2D eigenvalue weighted by Gasteiger charge is -2.22. The quantitative estimate of drug-likeness (QED) is 0.822. The second-order valence-corrected chi connectivity index (χ2v) is 6.20. The summed E-state index contributed by atoms with van der Waals surface area (Å²) in [5.74, 6) is 0.0532. The zero-order valence-corrected chi connectivity index (χ0v) is 11.1. The summed E-state index contributed by atoms with van der Waals surface area (Å²) in [4.78, 5) is 12.5. The van der Waals surface area contributed by atoms with E-state index in [4.69, 9.17) is 0 Å². The Morgan fingerprint density at radius 1 is 1.43 bits per heavy atom. The molecule has 0 spiro atoms. The van der Waals surface area contributed by atoms with Gasteiger partial charge in [0, 0.05) is 22.4 Å². The van der Waals surface area contributed by atoms with Crippen LogP contribution in [-0.4, -0.2) is 19.0 Å². The van der Waals surface area contributed by atoms with E-state index in [9.17, 15) is 4.79 Å². The third-order valence-corrected chi connectivity index (χ3v) is 5.30. The third kappa shape index (κ3) is 2.03. The number of piperazine rings is 1. The zero-order chi connectivity index (χ0) is 10.1. The van der Waals surface area contributed by atoms with E-state index in [1.807, 2.05) is 6.07 Å². The molecule has 0 aliphatic carbocycles. The second-order valence-electron chi connectivity index (χ2n) is 2.95. The van der Waals surface area contributed by atoms with Crippen molar-refractivity contribution in [1.82, 2.24) is 10.6 Å². The first-order chi connectivity index (χ1) is 6.68. The molecule has 14 heavy (non-hydrogen) atoms. The lowest BCUT2D eigenvalue weighted by Crippen LogP contribution is -2.46. The number of hydrogen-bond donors (Lipinski definition) is 2. The molecule has 2 heterocycles. The lowest BCUT2D eigenvalue weighted by atomic mass is 10.2. The van der Waals surface area contributed by atoms with Gasteiger partial charge >= 0.3 is 0 Å². The molecular weight excluding hydrogens is 332 g/mol. The SMILES string of the molecule is O=C1NCCNC1c1cc(Br)c(Br)s1. The fourth-order valence-electron chi connectivity index (χ4n) is 1.33. The first-order valence-electron chi connectivity index (χ1n) is 4.14. The second kappa shape index (κ2) is 4.30. The van der Waals surface area contributed by atoms with Crippen LogP contribution in [0, 0.1) is 0 Å². The highest BCUT2D eigenvalue weighted by molar-refractivity contribution is 9.13. The van der Waals surface area contributed by atoms with E-state index < -0.39 is 0 Å². The molecule has 2 rings (SSSR count). The monoisotopic (exact) mass is 338 g/mol. The van der Waals surface area contributed by atoms with Gasteiger partial charge in [-0.05, 0) is 37.9 Å². The molecule has 1 aliphatic heterocycles.